The highest BCUT2D eigenvalue weighted by atomic mass is 15.1. The van der Waals surface area contributed by atoms with Crippen LogP contribution in [-0.2, 0) is 10.8 Å². The minimum Gasteiger partial charge on any atom is -0.310 e. The third-order valence-electron chi connectivity index (χ3n) is 15.1. The first-order valence-corrected chi connectivity index (χ1v) is 23.4. The maximum Gasteiger partial charge on any atom is 0.0726 e. The van der Waals surface area contributed by atoms with Crippen molar-refractivity contribution in [1.82, 2.24) is 0 Å². The van der Waals surface area contributed by atoms with Gasteiger partial charge < -0.3 is 4.90 Å². The molecule has 0 amide bonds. The molecule has 14 rings (SSSR count). The van der Waals surface area contributed by atoms with E-state index in [1.165, 1.54) is 99.8 Å². The van der Waals surface area contributed by atoms with E-state index in [1.807, 2.05) is 0 Å². The van der Waals surface area contributed by atoms with E-state index in [-0.39, 0.29) is 0 Å². The molecular weight excluding hydrogens is 807 g/mol. The van der Waals surface area contributed by atoms with Gasteiger partial charge in [-0.2, -0.15) is 0 Å². The lowest BCUT2D eigenvalue weighted by molar-refractivity contribution is 0.768. The Kier molecular flexibility index (Phi) is 8.18. The van der Waals surface area contributed by atoms with Crippen LogP contribution >= 0.6 is 0 Å². The first-order chi connectivity index (χ1) is 33.2. The van der Waals surface area contributed by atoms with Gasteiger partial charge in [-0.3, -0.25) is 0 Å². The second-order valence-corrected chi connectivity index (χ2v) is 18.3. The van der Waals surface area contributed by atoms with Gasteiger partial charge in [-0.25, -0.2) is 0 Å². The molecule has 11 aromatic carbocycles. The molecule has 0 saturated heterocycles. The van der Waals surface area contributed by atoms with E-state index in [0.717, 1.165) is 17.1 Å². The number of benzene rings is 11. The van der Waals surface area contributed by atoms with Crippen molar-refractivity contribution < 1.29 is 0 Å². The quantitative estimate of drug-likeness (QED) is 0.161. The Morgan fingerprint density at radius 2 is 0.642 bits per heavy atom. The van der Waals surface area contributed by atoms with Crippen LogP contribution in [0.15, 0.2) is 261 Å². The maximum absolute atomic E-state index is 2.50. The second-order valence-electron chi connectivity index (χ2n) is 18.3. The number of hydrogen-bond donors (Lipinski definition) is 0. The van der Waals surface area contributed by atoms with Crippen LogP contribution in [0.2, 0.25) is 0 Å². The fourth-order valence-electron chi connectivity index (χ4n) is 12.4. The van der Waals surface area contributed by atoms with Gasteiger partial charge in [0.25, 0.3) is 0 Å². The summed E-state index contributed by atoms with van der Waals surface area (Å²) in [5, 5.41) is 2.49. The lowest BCUT2D eigenvalue weighted by Gasteiger charge is -2.34. The van der Waals surface area contributed by atoms with Crippen LogP contribution in [0.5, 0.6) is 0 Å². The molecule has 0 unspecified atom stereocenters. The average Bonchev–Trinajstić information content (AvgIpc) is 3.99. The van der Waals surface area contributed by atoms with Crippen LogP contribution in [0.3, 0.4) is 0 Å². The SMILES string of the molecule is c1ccc(C2(c3ccccc3)c3ccccc3-c3cc(N(c4ccc(-c5ccc6ccccc6c5)cc4)c4ccc5c(c4)C4(c6ccccc6-c6ccccc64)c4ccccc4-5)ccc32)cc1. The molecule has 1 nitrogen and oxygen atoms in total. The standard InChI is InChI=1S/C66H43N/c1-3-19-48(20-4-1)65(49-21-5-2-6-22-49)59-27-13-12-26-56(59)58-42-51(38-40-63(58)65)67(50-35-33-45(34-36-50)47-32-31-44-17-7-8-18-46(44)41-47)52-37-39-57-55-25-11-16-30-62(55)66(64(57)43-52)60-28-14-9-23-53(60)54-24-10-15-29-61(54)66/h1-43H. The summed E-state index contributed by atoms with van der Waals surface area (Å²) in [7, 11) is 0. The Labute approximate surface area is 391 Å². The molecule has 0 fully saturated rings. The molecule has 0 aromatic heterocycles. The zero-order valence-corrected chi connectivity index (χ0v) is 36.8. The summed E-state index contributed by atoms with van der Waals surface area (Å²) in [6.45, 7) is 0. The van der Waals surface area contributed by atoms with Crippen molar-refractivity contribution in [2.75, 3.05) is 4.90 Å². The lowest BCUT2D eigenvalue weighted by Crippen LogP contribution is -2.28. The predicted octanol–water partition coefficient (Wildman–Crippen LogP) is 16.7. The summed E-state index contributed by atoms with van der Waals surface area (Å²) in [4.78, 5) is 2.49. The molecule has 0 saturated carbocycles. The van der Waals surface area contributed by atoms with Gasteiger partial charge in [0, 0.05) is 17.1 Å². The highest BCUT2D eigenvalue weighted by molar-refractivity contribution is 5.97. The van der Waals surface area contributed by atoms with Gasteiger partial charge in [0.2, 0.25) is 0 Å². The summed E-state index contributed by atoms with van der Waals surface area (Å²) in [6, 6.07) is 97.5. The van der Waals surface area contributed by atoms with Crippen molar-refractivity contribution in [2.45, 2.75) is 10.8 Å². The number of rotatable bonds is 6. The van der Waals surface area contributed by atoms with Crippen molar-refractivity contribution in [3.8, 4) is 44.5 Å². The van der Waals surface area contributed by atoms with E-state index < -0.39 is 10.8 Å². The number of hydrogen-bond acceptors (Lipinski definition) is 1. The van der Waals surface area contributed by atoms with E-state index in [0.29, 0.717) is 0 Å². The topological polar surface area (TPSA) is 3.24 Å². The minimum atomic E-state index is -0.478. The molecular formula is C66H43N. The predicted molar refractivity (Wildman–Crippen MR) is 278 cm³/mol. The fourth-order valence-corrected chi connectivity index (χ4v) is 12.4. The minimum absolute atomic E-state index is 0.456. The Hall–Kier alpha value is -8.52. The van der Waals surface area contributed by atoms with E-state index >= 15 is 0 Å². The van der Waals surface area contributed by atoms with Gasteiger partial charge in [-0.1, -0.05) is 218 Å². The number of nitrogens with zero attached hydrogens (tertiary/aromatic N) is 1. The highest BCUT2D eigenvalue weighted by Crippen LogP contribution is 2.64. The molecule has 0 heterocycles. The van der Waals surface area contributed by atoms with Crippen molar-refractivity contribution in [3.05, 3.63) is 305 Å². The summed E-state index contributed by atoms with van der Waals surface area (Å²) in [5.74, 6) is 0. The van der Waals surface area contributed by atoms with Crippen LogP contribution < -0.4 is 4.90 Å². The Balaban J connectivity index is 1.00. The van der Waals surface area contributed by atoms with Gasteiger partial charge in [0.1, 0.15) is 0 Å². The van der Waals surface area contributed by atoms with Crippen LogP contribution in [0.1, 0.15) is 44.5 Å². The van der Waals surface area contributed by atoms with Crippen molar-refractivity contribution in [1.29, 1.82) is 0 Å². The zero-order chi connectivity index (χ0) is 44.1. The first-order valence-electron chi connectivity index (χ1n) is 23.4. The summed E-state index contributed by atoms with van der Waals surface area (Å²) in [6.07, 6.45) is 0. The van der Waals surface area contributed by atoms with E-state index in [4.69, 9.17) is 0 Å². The van der Waals surface area contributed by atoms with E-state index in [2.05, 4.69) is 266 Å². The Morgan fingerprint density at radius 1 is 0.224 bits per heavy atom. The second kappa shape index (κ2) is 14.5. The van der Waals surface area contributed by atoms with E-state index in [9.17, 15) is 0 Å². The Morgan fingerprint density at radius 3 is 1.24 bits per heavy atom. The maximum atomic E-state index is 2.50. The van der Waals surface area contributed by atoms with Crippen LogP contribution in [0.4, 0.5) is 17.1 Å². The molecule has 3 aliphatic rings. The number of fused-ring (bicyclic) bond motifs is 14. The summed E-state index contributed by atoms with van der Waals surface area (Å²) < 4.78 is 0. The van der Waals surface area contributed by atoms with E-state index in [1.54, 1.807) is 0 Å². The normalized spacial score (nSPS) is 13.9. The van der Waals surface area contributed by atoms with Crippen LogP contribution in [-0.4, -0.2) is 0 Å². The molecule has 1 heteroatoms. The third-order valence-corrected chi connectivity index (χ3v) is 15.1. The van der Waals surface area contributed by atoms with Gasteiger partial charge in [0.05, 0.1) is 10.8 Å². The summed E-state index contributed by atoms with van der Waals surface area (Å²) in [5.41, 5.74) is 23.0. The van der Waals surface area contributed by atoms with Crippen LogP contribution in [0.25, 0.3) is 55.3 Å². The monoisotopic (exact) mass is 849 g/mol. The zero-order valence-electron chi connectivity index (χ0n) is 36.8. The molecule has 312 valence electrons. The first kappa shape index (κ1) is 37.8. The number of anilines is 3. The molecule has 0 atom stereocenters. The van der Waals surface area contributed by atoms with Crippen molar-refractivity contribution in [3.63, 3.8) is 0 Å². The van der Waals surface area contributed by atoms with Crippen molar-refractivity contribution >= 4 is 27.8 Å². The molecule has 3 aliphatic carbocycles. The van der Waals surface area contributed by atoms with Crippen molar-refractivity contribution in [2.24, 2.45) is 0 Å². The molecule has 0 radical (unpaired) electrons. The molecule has 67 heavy (non-hydrogen) atoms. The fraction of sp³-hybridized carbons (Fsp3) is 0.0303. The van der Waals surface area contributed by atoms with Gasteiger partial charge in [0.15, 0.2) is 0 Å². The van der Waals surface area contributed by atoms with Crippen LogP contribution in [0, 0.1) is 0 Å². The molecule has 0 N–H and O–H groups in total. The largest absolute Gasteiger partial charge is 0.310 e. The molecule has 0 bridgehead atoms. The lowest BCUT2D eigenvalue weighted by atomic mass is 9.68. The summed E-state index contributed by atoms with van der Waals surface area (Å²) >= 11 is 0. The molecule has 11 aromatic rings. The van der Waals surface area contributed by atoms with Gasteiger partial charge in [-0.05, 0) is 142 Å². The molecule has 1 spiro atoms. The average molecular weight is 850 g/mol. The Bertz CT molecular complexity index is 3650. The smallest absolute Gasteiger partial charge is 0.0726 e. The molecule has 0 aliphatic heterocycles. The van der Waals surface area contributed by atoms with Gasteiger partial charge >= 0.3 is 0 Å². The highest BCUT2D eigenvalue weighted by Gasteiger charge is 2.52. The van der Waals surface area contributed by atoms with Gasteiger partial charge in [-0.15, -0.1) is 0 Å². The third kappa shape index (κ3) is 5.26.